The van der Waals surface area contributed by atoms with Crippen LogP contribution in [0.4, 0.5) is 0 Å². The molecule has 5 rings (SSSR count). The Balaban J connectivity index is 1.65. The highest BCUT2D eigenvalue weighted by Crippen LogP contribution is 2.48. The van der Waals surface area contributed by atoms with Crippen molar-refractivity contribution in [1.82, 2.24) is 10.0 Å². The number of para-hydroxylation sites is 1. The fourth-order valence-electron chi connectivity index (χ4n) is 4.51. The topological polar surface area (TPSA) is 54.6 Å². The first-order valence-electron chi connectivity index (χ1n) is 9.50. The molecule has 1 N–H and O–H groups in total. The number of aromatic amines is 1. The van der Waals surface area contributed by atoms with Gasteiger partial charge in [0.05, 0.1) is 19.3 Å². The molecule has 0 unspecified atom stereocenters. The second kappa shape index (κ2) is 6.51. The number of nitrogens with zero attached hydrogens (tertiary/aromatic N) is 1. The molecule has 0 bridgehead atoms. The Bertz CT molecular complexity index is 982. The molecule has 27 heavy (non-hydrogen) atoms. The summed E-state index contributed by atoms with van der Waals surface area (Å²) in [4.78, 5) is 22.4. The summed E-state index contributed by atoms with van der Waals surface area (Å²) in [6, 6.07) is 18.2. The Kier molecular flexibility index (Phi) is 3.99. The fourth-order valence-corrected chi connectivity index (χ4v) is 4.51. The number of nitrogens with one attached hydrogen (secondary N) is 1. The van der Waals surface area contributed by atoms with E-state index in [1.807, 2.05) is 30.2 Å². The zero-order valence-corrected chi connectivity index (χ0v) is 15.2. The third-order valence-corrected chi connectivity index (χ3v) is 5.69. The molecule has 1 saturated heterocycles. The van der Waals surface area contributed by atoms with E-state index in [1.54, 1.807) is 0 Å². The van der Waals surface area contributed by atoms with Crippen molar-refractivity contribution in [2.75, 3.05) is 13.2 Å². The molecule has 0 saturated carbocycles. The van der Waals surface area contributed by atoms with Crippen LogP contribution >= 0.6 is 0 Å². The van der Waals surface area contributed by atoms with Crippen molar-refractivity contribution < 1.29 is 14.4 Å². The van der Waals surface area contributed by atoms with Gasteiger partial charge in [0.15, 0.2) is 0 Å². The molecule has 3 aromatic rings. The quantitative estimate of drug-likeness (QED) is 0.722. The van der Waals surface area contributed by atoms with Gasteiger partial charge in [0.1, 0.15) is 6.04 Å². The second-order valence-electron chi connectivity index (χ2n) is 7.15. The van der Waals surface area contributed by atoms with Crippen LogP contribution in [0, 0.1) is 0 Å². The van der Waals surface area contributed by atoms with Crippen molar-refractivity contribution >= 4 is 16.9 Å². The van der Waals surface area contributed by atoms with Crippen LogP contribution in [0.25, 0.3) is 10.9 Å². The van der Waals surface area contributed by atoms with Gasteiger partial charge in [-0.1, -0.05) is 48.5 Å². The predicted octanol–water partition coefficient (Wildman–Crippen LogP) is 3.73. The normalized spacial score (nSPS) is 24.6. The molecule has 3 heterocycles. The van der Waals surface area contributed by atoms with E-state index in [2.05, 4.69) is 41.4 Å². The second-order valence-corrected chi connectivity index (χ2v) is 7.15. The number of carbonyl (C=O) groups is 1. The SMILES string of the molecule is CCOC(=O)[C@@H]1Cc2c([nH]c3ccccc23)[C@H]2[C@H](c3ccccc3)CON12. The molecule has 0 radical (unpaired) electrons. The zero-order chi connectivity index (χ0) is 18.4. The third kappa shape index (κ3) is 2.58. The Morgan fingerprint density at radius 2 is 1.96 bits per heavy atom. The van der Waals surface area contributed by atoms with E-state index < -0.39 is 6.04 Å². The maximum Gasteiger partial charge on any atom is 0.326 e. The monoisotopic (exact) mass is 362 g/mol. The Labute approximate surface area is 157 Å². The Morgan fingerprint density at radius 3 is 2.78 bits per heavy atom. The first-order valence-corrected chi connectivity index (χ1v) is 9.50. The van der Waals surface area contributed by atoms with Gasteiger partial charge in [0, 0.05) is 28.9 Å². The van der Waals surface area contributed by atoms with Gasteiger partial charge in [-0.3, -0.25) is 9.63 Å². The number of hydrogen-bond acceptors (Lipinski definition) is 4. The number of rotatable bonds is 3. The molecular formula is C22H22N2O3. The van der Waals surface area contributed by atoms with E-state index in [9.17, 15) is 4.79 Å². The number of hydroxylamine groups is 2. The number of esters is 1. The number of carbonyl (C=O) groups excluding carboxylic acids is 1. The molecule has 138 valence electrons. The smallest absolute Gasteiger partial charge is 0.326 e. The average molecular weight is 362 g/mol. The molecule has 5 heteroatoms. The van der Waals surface area contributed by atoms with Gasteiger partial charge in [0.25, 0.3) is 0 Å². The minimum absolute atomic E-state index is 0.0297. The van der Waals surface area contributed by atoms with Crippen LogP contribution in [-0.4, -0.2) is 35.3 Å². The van der Waals surface area contributed by atoms with Crippen molar-refractivity contribution in [1.29, 1.82) is 0 Å². The molecule has 0 aliphatic carbocycles. The van der Waals surface area contributed by atoms with Gasteiger partial charge in [-0.25, -0.2) is 0 Å². The van der Waals surface area contributed by atoms with Crippen LogP contribution in [-0.2, 0) is 20.8 Å². The minimum Gasteiger partial charge on any atom is -0.465 e. The van der Waals surface area contributed by atoms with E-state index >= 15 is 0 Å². The van der Waals surface area contributed by atoms with E-state index in [-0.39, 0.29) is 17.9 Å². The van der Waals surface area contributed by atoms with Crippen LogP contribution in [0.15, 0.2) is 54.6 Å². The summed E-state index contributed by atoms with van der Waals surface area (Å²) in [7, 11) is 0. The van der Waals surface area contributed by atoms with Crippen molar-refractivity contribution in [2.24, 2.45) is 0 Å². The number of benzene rings is 2. The van der Waals surface area contributed by atoms with E-state index in [1.165, 1.54) is 16.5 Å². The highest BCUT2D eigenvalue weighted by Gasteiger charge is 2.49. The van der Waals surface area contributed by atoms with Gasteiger partial charge >= 0.3 is 5.97 Å². The summed E-state index contributed by atoms with van der Waals surface area (Å²) in [6.45, 7) is 2.77. The molecule has 0 spiro atoms. The van der Waals surface area contributed by atoms with Crippen molar-refractivity contribution in [2.45, 2.75) is 31.3 Å². The molecule has 3 atom stereocenters. The summed E-state index contributed by atoms with van der Waals surface area (Å²) in [6.07, 6.45) is 0.593. The highest BCUT2D eigenvalue weighted by molar-refractivity contribution is 5.87. The molecular weight excluding hydrogens is 340 g/mol. The van der Waals surface area contributed by atoms with Gasteiger partial charge in [-0.2, -0.15) is 5.06 Å². The van der Waals surface area contributed by atoms with E-state index in [0.29, 0.717) is 19.6 Å². The molecule has 2 aromatic carbocycles. The van der Waals surface area contributed by atoms with Gasteiger partial charge in [-0.15, -0.1) is 0 Å². The summed E-state index contributed by atoms with van der Waals surface area (Å²) < 4.78 is 5.36. The lowest BCUT2D eigenvalue weighted by Gasteiger charge is -2.35. The predicted molar refractivity (Wildman–Crippen MR) is 102 cm³/mol. The maximum atomic E-state index is 12.7. The Hall–Kier alpha value is -2.63. The summed E-state index contributed by atoms with van der Waals surface area (Å²) >= 11 is 0. The molecule has 0 amide bonds. The lowest BCUT2D eigenvalue weighted by atomic mass is 9.84. The van der Waals surface area contributed by atoms with Crippen LogP contribution in [0.1, 0.15) is 35.7 Å². The zero-order valence-electron chi connectivity index (χ0n) is 15.2. The highest BCUT2D eigenvalue weighted by atomic mass is 16.7. The van der Waals surface area contributed by atoms with E-state index in [4.69, 9.17) is 9.57 Å². The maximum absolute atomic E-state index is 12.7. The van der Waals surface area contributed by atoms with Crippen LogP contribution < -0.4 is 0 Å². The average Bonchev–Trinajstić information content (AvgIpc) is 3.30. The van der Waals surface area contributed by atoms with E-state index in [0.717, 1.165) is 11.2 Å². The number of H-pyrrole nitrogens is 1. The summed E-state index contributed by atoms with van der Waals surface area (Å²) in [5.41, 5.74) is 4.68. The van der Waals surface area contributed by atoms with Crippen molar-refractivity contribution in [3.05, 3.63) is 71.4 Å². The lowest BCUT2D eigenvalue weighted by Crippen LogP contribution is -2.46. The number of ether oxygens (including phenoxy) is 1. The fraction of sp³-hybridized carbons (Fsp3) is 0.318. The molecule has 2 aliphatic heterocycles. The molecule has 2 aliphatic rings. The third-order valence-electron chi connectivity index (χ3n) is 5.69. The number of hydrogen-bond donors (Lipinski definition) is 1. The molecule has 1 fully saturated rings. The number of fused-ring (bicyclic) bond motifs is 5. The summed E-state index contributed by atoms with van der Waals surface area (Å²) in [5, 5.41) is 3.05. The van der Waals surface area contributed by atoms with Gasteiger partial charge < -0.3 is 9.72 Å². The van der Waals surface area contributed by atoms with Gasteiger partial charge in [-0.05, 0) is 24.1 Å². The molecule has 1 aromatic heterocycles. The van der Waals surface area contributed by atoms with Gasteiger partial charge in [0.2, 0.25) is 0 Å². The number of aromatic nitrogens is 1. The molecule has 5 nitrogen and oxygen atoms in total. The van der Waals surface area contributed by atoms with Crippen LogP contribution in [0.2, 0.25) is 0 Å². The Morgan fingerprint density at radius 1 is 1.19 bits per heavy atom. The first-order chi connectivity index (χ1) is 13.3. The van der Waals surface area contributed by atoms with Crippen molar-refractivity contribution in [3.63, 3.8) is 0 Å². The summed E-state index contributed by atoms with van der Waals surface area (Å²) in [5.74, 6) is -0.0534. The lowest BCUT2D eigenvalue weighted by molar-refractivity contribution is -0.192. The largest absolute Gasteiger partial charge is 0.465 e. The first kappa shape index (κ1) is 16.5. The van der Waals surface area contributed by atoms with Crippen molar-refractivity contribution in [3.8, 4) is 0 Å². The standard InChI is InChI=1S/C22H22N2O3/c1-2-26-22(25)19-12-16-15-10-6-7-11-18(15)23-20(16)21-17(13-27-24(19)21)14-8-4-3-5-9-14/h3-11,17,19,21,23H,2,12-13H2,1H3/t17-,19-,21+/m0/s1. The minimum atomic E-state index is -0.421. The van der Waals surface area contributed by atoms with Crippen LogP contribution in [0.3, 0.4) is 0 Å². The van der Waals surface area contributed by atoms with Crippen LogP contribution in [0.5, 0.6) is 0 Å².